The molecule has 2 aliphatic heterocycles. The molecule has 1 saturated heterocycles. The van der Waals surface area contributed by atoms with Crippen molar-refractivity contribution in [2.75, 3.05) is 23.8 Å². The molecular weight excluding hydrogens is 490 g/mol. The van der Waals surface area contributed by atoms with Crippen LogP contribution >= 0.6 is 22.9 Å². The zero-order valence-electron chi connectivity index (χ0n) is 18.4. The number of ether oxygens (including phenoxy) is 1. The molecule has 8 nitrogen and oxygen atoms in total. The van der Waals surface area contributed by atoms with E-state index in [0.717, 1.165) is 12.8 Å². The van der Waals surface area contributed by atoms with E-state index in [9.17, 15) is 19.2 Å². The minimum atomic E-state index is -0.461. The van der Waals surface area contributed by atoms with Gasteiger partial charge in [0.15, 0.2) is 0 Å². The lowest BCUT2D eigenvalue weighted by atomic mass is 10.1. The summed E-state index contributed by atoms with van der Waals surface area (Å²) in [6.45, 7) is 0.839. The number of carbonyl (C=O) groups is 4. The van der Waals surface area contributed by atoms with Crippen molar-refractivity contribution in [2.45, 2.75) is 18.9 Å². The van der Waals surface area contributed by atoms with Gasteiger partial charge in [0.2, 0.25) is 0 Å². The molecule has 0 bridgehead atoms. The number of hydrogen-bond acceptors (Lipinski definition) is 6. The molecule has 1 unspecified atom stereocenters. The summed E-state index contributed by atoms with van der Waals surface area (Å²) in [4.78, 5) is 52.4. The fraction of sp³-hybridized carbons (Fsp3) is 0.200. The number of halogens is 1. The Bertz CT molecular complexity index is 1330. The standard InChI is InChI=1S/C25H20ClN3O5S/c26-19-12-15(6-8-20(19)28-23(31)21-4-2-10-35-21)27-22(30)14-5-7-17-18(11-14)25(33)29(24(17)32)13-16-3-1-9-34-16/h2,4-8,10-12,16H,1,3,9,13H2,(H,27,30)(H,28,31). The van der Waals surface area contributed by atoms with Gasteiger partial charge in [0.1, 0.15) is 0 Å². The lowest BCUT2D eigenvalue weighted by Gasteiger charge is -2.17. The summed E-state index contributed by atoms with van der Waals surface area (Å²) in [7, 11) is 0. The van der Waals surface area contributed by atoms with Crippen molar-refractivity contribution in [2.24, 2.45) is 0 Å². The molecule has 178 valence electrons. The third-order valence-corrected chi connectivity index (χ3v) is 7.04. The molecule has 35 heavy (non-hydrogen) atoms. The Morgan fingerprint density at radius 3 is 2.57 bits per heavy atom. The molecular formula is C25H20ClN3O5S. The first-order valence-electron chi connectivity index (χ1n) is 11.0. The normalized spacial score (nSPS) is 16.9. The lowest BCUT2D eigenvalue weighted by molar-refractivity contribution is 0.0475. The third-order valence-electron chi connectivity index (χ3n) is 5.86. The van der Waals surface area contributed by atoms with Crippen LogP contribution in [-0.2, 0) is 4.74 Å². The first kappa shape index (κ1) is 23.2. The Kier molecular flexibility index (Phi) is 6.38. The molecule has 0 spiro atoms. The summed E-state index contributed by atoms with van der Waals surface area (Å²) >= 11 is 7.62. The van der Waals surface area contributed by atoms with Gasteiger partial charge in [-0.05, 0) is 60.7 Å². The lowest BCUT2D eigenvalue weighted by Crippen LogP contribution is -2.36. The summed E-state index contributed by atoms with van der Waals surface area (Å²) in [6.07, 6.45) is 1.56. The number of rotatable bonds is 6. The van der Waals surface area contributed by atoms with Gasteiger partial charge in [-0.25, -0.2) is 0 Å². The van der Waals surface area contributed by atoms with E-state index in [2.05, 4.69) is 10.6 Å². The number of nitrogens with one attached hydrogen (secondary N) is 2. The molecule has 2 N–H and O–H groups in total. The molecule has 5 rings (SSSR count). The van der Waals surface area contributed by atoms with Crippen LogP contribution in [0.1, 0.15) is 53.6 Å². The predicted molar refractivity (Wildman–Crippen MR) is 132 cm³/mol. The van der Waals surface area contributed by atoms with Gasteiger partial charge in [-0.2, -0.15) is 0 Å². The molecule has 2 aromatic carbocycles. The summed E-state index contributed by atoms with van der Waals surface area (Å²) in [5.74, 6) is -1.54. The second kappa shape index (κ2) is 9.61. The van der Waals surface area contributed by atoms with E-state index in [1.54, 1.807) is 29.6 Å². The quantitative estimate of drug-likeness (QED) is 0.469. The maximum atomic E-state index is 12.9. The highest BCUT2D eigenvalue weighted by Gasteiger charge is 2.38. The number of amides is 4. The van der Waals surface area contributed by atoms with Gasteiger partial charge < -0.3 is 15.4 Å². The second-order valence-electron chi connectivity index (χ2n) is 8.20. The molecule has 0 radical (unpaired) electrons. The number of thiophene rings is 1. The number of anilines is 2. The average Bonchev–Trinajstić information content (AvgIpc) is 3.61. The first-order valence-corrected chi connectivity index (χ1v) is 12.2. The van der Waals surface area contributed by atoms with E-state index >= 15 is 0 Å². The Balaban J connectivity index is 1.27. The maximum absolute atomic E-state index is 12.9. The Morgan fingerprint density at radius 1 is 1.03 bits per heavy atom. The van der Waals surface area contributed by atoms with Crippen molar-refractivity contribution in [1.29, 1.82) is 0 Å². The van der Waals surface area contributed by atoms with E-state index in [1.165, 1.54) is 40.5 Å². The maximum Gasteiger partial charge on any atom is 0.265 e. The SMILES string of the molecule is O=C(Nc1ccc(NC(=O)c2cccs2)c(Cl)c1)c1ccc2c(c1)C(=O)N(CC1CCCO1)C2=O. The third kappa shape index (κ3) is 4.70. The van der Waals surface area contributed by atoms with Crippen LogP contribution in [0.25, 0.3) is 0 Å². The molecule has 1 fully saturated rings. The summed E-state index contributed by atoms with van der Waals surface area (Å²) in [6, 6.07) is 12.6. The van der Waals surface area contributed by atoms with E-state index in [-0.39, 0.29) is 46.2 Å². The molecule has 4 amide bonds. The topological polar surface area (TPSA) is 105 Å². The Hall–Kier alpha value is -3.53. The van der Waals surface area contributed by atoms with Crippen LogP contribution in [0, 0.1) is 0 Å². The van der Waals surface area contributed by atoms with Crippen LogP contribution in [-0.4, -0.2) is 47.8 Å². The number of hydrogen-bond donors (Lipinski definition) is 2. The number of fused-ring (bicyclic) bond motifs is 1. The molecule has 0 saturated carbocycles. The first-order chi connectivity index (χ1) is 16.9. The van der Waals surface area contributed by atoms with E-state index < -0.39 is 11.8 Å². The van der Waals surface area contributed by atoms with Gasteiger partial charge in [-0.15, -0.1) is 11.3 Å². The molecule has 10 heteroatoms. The van der Waals surface area contributed by atoms with Crippen molar-refractivity contribution < 1.29 is 23.9 Å². The van der Waals surface area contributed by atoms with E-state index in [0.29, 0.717) is 22.9 Å². The Labute approximate surface area is 209 Å². The predicted octanol–water partition coefficient (Wildman–Crippen LogP) is 4.68. The van der Waals surface area contributed by atoms with Crippen LogP contribution in [0.4, 0.5) is 11.4 Å². The molecule has 0 aliphatic carbocycles. The number of nitrogens with zero attached hydrogens (tertiary/aromatic N) is 1. The van der Waals surface area contributed by atoms with Gasteiger partial charge in [0.05, 0.1) is 39.4 Å². The molecule has 2 aliphatic rings. The summed E-state index contributed by atoms with van der Waals surface area (Å²) < 4.78 is 5.55. The van der Waals surface area contributed by atoms with Crippen LogP contribution in [0.5, 0.6) is 0 Å². The van der Waals surface area contributed by atoms with Crippen molar-refractivity contribution in [1.82, 2.24) is 4.90 Å². The molecule has 3 heterocycles. The number of imide groups is 1. The van der Waals surface area contributed by atoms with Crippen LogP contribution < -0.4 is 10.6 Å². The smallest absolute Gasteiger partial charge is 0.265 e. The summed E-state index contributed by atoms with van der Waals surface area (Å²) in [5.41, 5.74) is 1.53. The van der Waals surface area contributed by atoms with E-state index in [1.807, 2.05) is 0 Å². The van der Waals surface area contributed by atoms with Crippen molar-refractivity contribution in [3.63, 3.8) is 0 Å². The summed E-state index contributed by atoms with van der Waals surface area (Å²) in [5, 5.41) is 7.53. The fourth-order valence-corrected chi connectivity index (χ4v) is 4.93. The molecule has 3 aromatic rings. The minimum absolute atomic E-state index is 0.150. The van der Waals surface area contributed by atoms with Gasteiger partial charge in [0.25, 0.3) is 23.6 Å². The van der Waals surface area contributed by atoms with Crippen LogP contribution in [0.2, 0.25) is 5.02 Å². The van der Waals surface area contributed by atoms with E-state index in [4.69, 9.17) is 16.3 Å². The zero-order chi connectivity index (χ0) is 24.5. The second-order valence-corrected chi connectivity index (χ2v) is 9.55. The largest absolute Gasteiger partial charge is 0.376 e. The van der Waals surface area contributed by atoms with Gasteiger partial charge in [0, 0.05) is 17.9 Å². The van der Waals surface area contributed by atoms with Crippen LogP contribution in [0.3, 0.4) is 0 Å². The van der Waals surface area contributed by atoms with Crippen LogP contribution in [0.15, 0.2) is 53.9 Å². The highest BCUT2D eigenvalue weighted by molar-refractivity contribution is 7.12. The van der Waals surface area contributed by atoms with Gasteiger partial charge in [-0.1, -0.05) is 17.7 Å². The molecule has 1 aromatic heterocycles. The van der Waals surface area contributed by atoms with Gasteiger partial charge in [-0.3, -0.25) is 24.1 Å². The molecule has 1 atom stereocenters. The highest BCUT2D eigenvalue weighted by atomic mass is 35.5. The average molecular weight is 510 g/mol. The highest BCUT2D eigenvalue weighted by Crippen LogP contribution is 2.29. The fourth-order valence-electron chi connectivity index (χ4n) is 4.08. The monoisotopic (exact) mass is 509 g/mol. The van der Waals surface area contributed by atoms with Crippen molar-refractivity contribution >= 4 is 57.9 Å². The zero-order valence-corrected chi connectivity index (χ0v) is 19.9. The van der Waals surface area contributed by atoms with Gasteiger partial charge >= 0.3 is 0 Å². The minimum Gasteiger partial charge on any atom is -0.376 e. The van der Waals surface area contributed by atoms with Crippen molar-refractivity contribution in [3.8, 4) is 0 Å². The Morgan fingerprint density at radius 2 is 1.86 bits per heavy atom. The number of carbonyl (C=O) groups excluding carboxylic acids is 4. The number of benzene rings is 2. The van der Waals surface area contributed by atoms with Crippen molar-refractivity contribution in [3.05, 3.63) is 80.5 Å².